The van der Waals surface area contributed by atoms with E-state index in [9.17, 15) is 0 Å². The zero-order valence-electron chi connectivity index (χ0n) is 14.4. The van der Waals surface area contributed by atoms with Crippen LogP contribution in [0, 0.1) is 0 Å². The Morgan fingerprint density at radius 1 is 0.833 bits per heavy atom. The first-order valence-electron chi connectivity index (χ1n) is 9.09. The van der Waals surface area contributed by atoms with Crippen LogP contribution in [0.2, 0.25) is 0 Å². The number of ether oxygens (including phenoxy) is 1. The van der Waals surface area contributed by atoms with Crippen molar-refractivity contribution in [1.82, 2.24) is 10.2 Å². The van der Waals surface area contributed by atoms with Gasteiger partial charge in [-0.1, -0.05) is 48.9 Å². The first-order valence-corrected chi connectivity index (χ1v) is 9.09. The summed E-state index contributed by atoms with van der Waals surface area (Å²) < 4.78 is 5.82. The average molecular weight is 324 g/mol. The molecule has 0 spiro atoms. The highest BCUT2D eigenvalue weighted by Gasteiger charge is 2.08. The van der Waals surface area contributed by atoms with Gasteiger partial charge in [-0.25, -0.2) is 0 Å². The third-order valence-electron chi connectivity index (χ3n) is 4.55. The lowest BCUT2D eigenvalue weighted by molar-refractivity contribution is 0.229. The summed E-state index contributed by atoms with van der Waals surface area (Å²) in [5, 5.41) is 3.54. The summed E-state index contributed by atoms with van der Waals surface area (Å²) in [4.78, 5) is 2.57. The van der Waals surface area contributed by atoms with Crippen LogP contribution in [-0.2, 0) is 13.2 Å². The zero-order chi connectivity index (χ0) is 16.5. The predicted molar refractivity (Wildman–Crippen MR) is 99.2 cm³/mol. The van der Waals surface area contributed by atoms with Crippen LogP contribution in [0.4, 0.5) is 0 Å². The molecule has 1 heterocycles. The average Bonchev–Trinajstić information content (AvgIpc) is 2.66. The van der Waals surface area contributed by atoms with Gasteiger partial charge in [-0.15, -0.1) is 0 Å². The van der Waals surface area contributed by atoms with Crippen molar-refractivity contribution in [2.45, 2.75) is 32.4 Å². The summed E-state index contributed by atoms with van der Waals surface area (Å²) in [6.45, 7) is 6.32. The van der Waals surface area contributed by atoms with E-state index in [1.807, 2.05) is 18.2 Å². The van der Waals surface area contributed by atoms with Crippen LogP contribution < -0.4 is 10.1 Å². The van der Waals surface area contributed by atoms with Crippen LogP contribution in [0.1, 0.15) is 30.4 Å². The number of nitrogens with zero attached hydrogens (tertiary/aromatic N) is 1. The van der Waals surface area contributed by atoms with Crippen molar-refractivity contribution < 1.29 is 4.74 Å². The maximum Gasteiger partial charge on any atom is 0.119 e. The van der Waals surface area contributed by atoms with Gasteiger partial charge in [0.05, 0.1) is 0 Å². The Hall–Kier alpha value is -1.84. The molecule has 1 aliphatic rings. The molecule has 0 saturated carbocycles. The van der Waals surface area contributed by atoms with Crippen molar-refractivity contribution in [3.8, 4) is 5.75 Å². The van der Waals surface area contributed by atoms with Gasteiger partial charge in [0.1, 0.15) is 12.4 Å². The minimum Gasteiger partial charge on any atom is -0.489 e. The summed E-state index contributed by atoms with van der Waals surface area (Å²) in [5.41, 5.74) is 2.50. The van der Waals surface area contributed by atoms with E-state index in [1.165, 1.54) is 43.5 Å². The van der Waals surface area contributed by atoms with Gasteiger partial charge in [0.15, 0.2) is 0 Å². The molecular weight excluding hydrogens is 296 g/mol. The molecular formula is C21H28N2O. The largest absolute Gasteiger partial charge is 0.489 e. The standard InChI is InChI=1S/C21H28N2O/c1-3-7-20(8-4-1)18-24-21-11-9-19(10-12-21)17-22-13-16-23-14-5-2-6-15-23/h1,3-4,7-12,22H,2,5-6,13-18H2. The molecule has 3 heteroatoms. The lowest BCUT2D eigenvalue weighted by Gasteiger charge is -2.26. The van der Waals surface area contributed by atoms with Gasteiger partial charge in [0.2, 0.25) is 0 Å². The Balaban J connectivity index is 1.35. The Bertz CT molecular complexity index is 577. The molecule has 2 aromatic rings. The second-order valence-corrected chi connectivity index (χ2v) is 6.50. The van der Waals surface area contributed by atoms with E-state index in [1.54, 1.807) is 0 Å². The fourth-order valence-corrected chi connectivity index (χ4v) is 3.10. The molecule has 0 aromatic heterocycles. The summed E-state index contributed by atoms with van der Waals surface area (Å²) in [5.74, 6) is 0.927. The van der Waals surface area contributed by atoms with Gasteiger partial charge >= 0.3 is 0 Å². The van der Waals surface area contributed by atoms with E-state index in [0.29, 0.717) is 6.61 Å². The smallest absolute Gasteiger partial charge is 0.119 e. The molecule has 2 aromatic carbocycles. The SMILES string of the molecule is c1ccc(COc2ccc(CNCCN3CCCCC3)cc2)cc1. The van der Waals surface area contributed by atoms with Gasteiger partial charge in [-0.2, -0.15) is 0 Å². The third-order valence-corrected chi connectivity index (χ3v) is 4.55. The molecule has 0 amide bonds. The van der Waals surface area contributed by atoms with Gasteiger partial charge in [-0.05, 0) is 49.2 Å². The number of hydrogen-bond donors (Lipinski definition) is 1. The van der Waals surface area contributed by atoms with E-state index in [0.717, 1.165) is 25.4 Å². The van der Waals surface area contributed by atoms with E-state index in [4.69, 9.17) is 4.74 Å². The summed E-state index contributed by atoms with van der Waals surface area (Å²) >= 11 is 0. The molecule has 1 fully saturated rings. The molecule has 1 aliphatic heterocycles. The Morgan fingerprint density at radius 2 is 1.58 bits per heavy atom. The summed E-state index contributed by atoms with van der Waals surface area (Å²) in [7, 11) is 0. The number of nitrogens with one attached hydrogen (secondary N) is 1. The Labute approximate surface area is 145 Å². The minimum atomic E-state index is 0.619. The van der Waals surface area contributed by atoms with Crippen molar-refractivity contribution in [2.75, 3.05) is 26.2 Å². The third kappa shape index (κ3) is 5.66. The van der Waals surface area contributed by atoms with E-state index >= 15 is 0 Å². The normalized spacial score (nSPS) is 15.3. The second kappa shape index (κ2) is 9.45. The van der Waals surface area contributed by atoms with E-state index in [2.05, 4.69) is 46.6 Å². The number of piperidine rings is 1. The highest BCUT2D eigenvalue weighted by Crippen LogP contribution is 2.14. The van der Waals surface area contributed by atoms with Crippen LogP contribution in [0.5, 0.6) is 5.75 Å². The molecule has 0 radical (unpaired) electrons. The molecule has 3 nitrogen and oxygen atoms in total. The molecule has 3 rings (SSSR count). The number of hydrogen-bond acceptors (Lipinski definition) is 3. The van der Waals surface area contributed by atoms with Crippen molar-refractivity contribution in [3.63, 3.8) is 0 Å². The zero-order valence-corrected chi connectivity index (χ0v) is 14.4. The Morgan fingerprint density at radius 3 is 2.33 bits per heavy atom. The topological polar surface area (TPSA) is 24.5 Å². The molecule has 128 valence electrons. The van der Waals surface area contributed by atoms with E-state index < -0.39 is 0 Å². The minimum absolute atomic E-state index is 0.619. The van der Waals surface area contributed by atoms with Crippen LogP contribution in [0.25, 0.3) is 0 Å². The van der Waals surface area contributed by atoms with Crippen LogP contribution >= 0.6 is 0 Å². The van der Waals surface area contributed by atoms with Gasteiger partial charge in [0, 0.05) is 19.6 Å². The van der Waals surface area contributed by atoms with Crippen molar-refractivity contribution in [2.24, 2.45) is 0 Å². The van der Waals surface area contributed by atoms with Crippen molar-refractivity contribution in [3.05, 3.63) is 65.7 Å². The maximum absolute atomic E-state index is 5.82. The fourth-order valence-electron chi connectivity index (χ4n) is 3.10. The van der Waals surface area contributed by atoms with Crippen LogP contribution in [0.3, 0.4) is 0 Å². The van der Waals surface area contributed by atoms with Gasteiger partial charge in [-0.3, -0.25) is 0 Å². The lowest BCUT2D eigenvalue weighted by Crippen LogP contribution is -2.35. The molecule has 0 bridgehead atoms. The number of benzene rings is 2. The quantitative estimate of drug-likeness (QED) is 0.747. The predicted octanol–water partition coefficient (Wildman–Crippen LogP) is 3.84. The summed E-state index contributed by atoms with van der Waals surface area (Å²) in [6.07, 6.45) is 4.14. The van der Waals surface area contributed by atoms with Crippen LogP contribution in [0.15, 0.2) is 54.6 Å². The molecule has 0 atom stereocenters. The number of rotatable bonds is 8. The maximum atomic E-state index is 5.82. The first kappa shape index (κ1) is 17.0. The molecule has 0 unspecified atom stereocenters. The molecule has 0 aliphatic carbocycles. The first-order chi connectivity index (χ1) is 11.9. The lowest BCUT2D eigenvalue weighted by atomic mass is 10.1. The van der Waals surface area contributed by atoms with Crippen molar-refractivity contribution in [1.29, 1.82) is 0 Å². The highest BCUT2D eigenvalue weighted by atomic mass is 16.5. The summed E-state index contributed by atoms with van der Waals surface area (Å²) in [6, 6.07) is 18.7. The van der Waals surface area contributed by atoms with Crippen molar-refractivity contribution >= 4 is 0 Å². The fraction of sp³-hybridized carbons (Fsp3) is 0.429. The molecule has 1 saturated heterocycles. The van der Waals surface area contributed by atoms with Gasteiger partial charge in [0.25, 0.3) is 0 Å². The highest BCUT2D eigenvalue weighted by molar-refractivity contribution is 5.27. The van der Waals surface area contributed by atoms with E-state index in [-0.39, 0.29) is 0 Å². The molecule has 24 heavy (non-hydrogen) atoms. The molecule has 1 N–H and O–H groups in total. The Kier molecular flexibility index (Phi) is 6.70. The monoisotopic (exact) mass is 324 g/mol. The van der Waals surface area contributed by atoms with Crippen LogP contribution in [-0.4, -0.2) is 31.1 Å². The number of likely N-dealkylation sites (tertiary alicyclic amines) is 1. The second-order valence-electron chi connectivity index (χ2n) is 6.50. The van der Waals surface area contributed by atoms with Gasteiger partial charge < -0.3 is 15.0 Å².